The smallest absolute Gasteiger partial charge is 0.280 e. The van der Waals surface area contributed by atoms with Gasteiger partial charge < -0.3 is 10.6 Å². The van der Waals surface area contributed by atoms with E-state index in [-0.39, 0.29) is 22.8 Å². The highest BCUT2D eigenvalue weighted by Crippen LogP contribution is 2.34. The number of carbonyl (C=O) groups is 1. The molecule has 1 aliphatic carbocycles. The number of anilines is 2. The number of carbonyl (C=O) groups excluding carboxylic acids is 1. The molecule has 1 amide bonds. The lowest BCUT2D eigenvalue weighted by Crippen LogP contribution is -2.20. The lowest BCUT2D eigenvalue weighted by atomic mass is 10.2. The lowest BCUT2D eigenvalue weighted by Gasteiger charge is -2.20. The van der Waals surface area contributed by atoms with Crippen LogP contribution in [0.4, 0.5) is 29.1 Å². The standard InChI is InChI=1S/C17H10F4N4O/c18-11-4-3-9(5-12(11)19)23-17(26)10-7-22-25-14(15(20)21)6-13(8-1-2-8)24-16(10)25/h1-7,15,24H,(H,23,26). The van der Waals surface area contributed by atoms with Crippen LogP contribution < -0.4 is 10.6 Å². The molecule has 9 heteroatoms. The molecule has 0 fully saturated rings. The van der Waals surface area contributed by atoms with Crippen LogP contribution in [-0.2, 0) is 0 Å². The molecule has 1 aromatic heterocycles. The molecule has 0 spiro atoms. The van der Waals surface area contributed by atoms with E-state index in [1.807, 2.05) is 0 Å². The Kier molecular flexibility index (Phi) is 3.64. The Morgan fingerprint density at radius 1 is 1.19 bits per heavy atom. The van der Waals surface area contributed by atoms with Crippen molar-refractivity contribution in [1.82, 2.24) is 9.78 Å². The minimum Gasteiger partial charge on any atom is -0.339 e. The van der Waals surface area contributed by atoms with Gasteiger partial charge in [-0.05, 0) is 23.8 Å². The second-order valence-electron chi connectivity index (χ2n) is 5.60. The van der Waals surface area contributed by atoms with Crippen molar-refractivity contribution in [3.05, 3.63) is 71.1 Å². The minimum atomic E-state index is -2.80. The van der Waals surface area contributed by atoms with E-state index in [4.69, 9.17) is 0 Å². The van der Waals surface area contributed by atoms with Gasteiger partial charge >= 0.3 is 0 Å². The molecule has 0 radical (unpaired) electrons. The molecule has 0 atom stereocenters. The second-order valence-corrected chi connectivity index (χ2v) is 5.60. The fourth-order valence-electron chi connectivity index (χ4n) is 2.51. The monoisotopic (exact) mass is 362 g/mol. The average Bonchev–Trinajstić information content (AvgIpc) is 3.36. The van der Waals surface area contributed by atoms with Gasteiger partial charge in [0.05, 0.1) is 6.20 Å². The Labute approximate surface area is 144 Å². The number of fused-ring (bicyclic) bond motifs is 1. The fourth-order valence-corrected chi connectivity index (χ4v) is 2.51. The molecular formula is C17H10F4N4O. The molecule has 4 rings (SSSR count). The maximum atomic E-state index is 13.3. The normalized spacial score (nSPS) is 14.9. The van der Waals surface area contributed by atoms with E-state index in [9.17, 15) is 22.4 Å². The van der Waals surface area contributed by atoms with E-state index in [0.717, 1.165) is 28.6 Å². The van der Waals surface area contributed by atoms with Gasteiger partial charge in [0, 0.05) is 17.5 Å². The summed E-state index contributed by atoms with van der Waals surface area (Å²) in [5.74, 6) is -2.80. The number of rotatable bonds is 3. The second kappa shape index (κ2) is 5.87. The number of amides is 1. The first-order chi connectivity index (χ1) is 12.4. The van der Waals surface area contributed by atoms with Crippen molar-refractivity contribution in [1.29, 1.82) is 0 Å². The largest absolute Gasteiger partial charge is 0.339 e. The highest BCUT2D eigenvalue weighted by molar-refractivity contribution is 6.08. The van der Waals surface area contributed by atoms with Crippen LogP contribution in [0, 0.1) is 11.6 Å². The van der Waals surface area contributed by atoms with Crippen LogP contribution >= 0.6 is 0 Å². The quantitative estimate of drug-likeness (QED) is 0.818. The van der Waals surface area contributed by atoms with Gasteiger partial charge in [0.2, 0.25) is 0 Å². The number of alkyl halides is 2. The highest BCUT2D eigenvalue weighted by atomic mass is 19.3. The summed E-state index contributed by atoms with van der Waals surface area (Å²) < 4.78 is 53.8. The summed E-state index contributed by atoms with van der Waals surface area (Å²) in [7, 11) is 0. The molecule has 1 aliphatic heterocycles. The van der Waals surface area contributed by atoms with Gasteiger partial charge in [-0.2, -0.15) is 5.10 Å². The maximum absolute atomic E-state index is 13.3. The number of aromatic nitrogens is 2. The Morgan fingerprint density at radius 3 is 2.62 bits per heavy atom. The van der Waals surface area contributed by atoms with Crippen LogP contribution in [-0.4, -0.2) is 22.1 Å². The molecule has 1 aromatic carbocycles. The van der Waals surface area contributed by atoms with Gasteiger partial charge in [0.1, 0.15) is 17.1 Å². The third kappa shape index (κ3) is 2.77. The molecule has 26 heavy (non-hydrogen) atoms. The van der Waals surface area contributed by atoms with Crippen LogP contribution in [0.15, 0.2) is 53.9 Å². The van der Waals surface area contributed by atoms with E-state index >= 15 is 0 Å². The molecule has 0 saturated heterocycles. The first kappa shape index (κ1) is 16.1. The van der Waals surface area contributed by atoms with Crippen LogP contribution in [0.5, 0.6) is 0 Å². The van der Waals surface area contributed by atoms with Crippen molar-refractivity contribution in [2.75, 3.05) is 10.6 Å². The van der Waals surface area contributed by atoms with E-state index in [1.54, 1.807) is 12.2 Å². The van der Waals surface area contributed by atoms with E-state index in [2.05, 4.69) is 15.7 Å². The molecular weight excluding hydrogens is 352 g/mol. The van der Waals surface area contributed by atoms with Crippen molar-refractivity contribution in [2.24, 2.45) is 0 Å². The third-order valence-electron chi connectivity index (χ3n) is 3.85. The first-order valence-corrected chi connectivity index (χ1v) is 7.48. The van der Waals surface area contributed by atoms with Gasteiger partial charge in [0.25, 0.3) is 12.3 Å². The Balaban J connectivity index is 1.67. The number of nitrogens with one attached hydrogen (secondary N) is 2. The van der Waals surface area contributed by atoms with Crippen molar-refractivity contribution in [3.8, 4) is 0 Å². The number of allylic oxidation sites excluding steroid dienone is 5. The zero-order chi connectivity index (χ0) is 18.4. The number of hydrogen-bond donors (Lipinski definition) is 2. The van der Waals surface area contributed by atoms with Gasteiger partial charge in [0.15, 0.2) is 11.6 Å². The van der Waals surface area contributed by atoms with Crippen molar-refractivity contribution in [3.63, 3.8) is 0 Å². The van der Waals surface area contributed by atoms with Crippen molar-refractivity contribution in [2.45, 2.75) is 6.43 Å². The molecule has 2 heterocycles. The highest BCUT2D eigenvalue weighted by Gasteiger charge is 2.29. The lowest BCUT2D eigenvalue weighted by molar-refractivity contribution is 0.102. The summed E-state index contributed by atoms with van der Waals surface area (Å²) in [6, 6.07) is 2.88. The summed E-state index contributed by atoms with van der Waals surface area (Å²) in [5.41, 5.74) is 0.802. The molecule has 0 saturated carbocycles. The van der Waals surface area contributed by atoms with Gasteiger partial charge in [-0.3, -0.25) is 4.79 Å². The van der Waals surface area contributed by atoms with Crippen molar-refractivity contribution < 1.29 is 22.4 Å². The summed E-state index contributed by atoms with van der Waals surface area (Å²) in [6.45, 7) is 0. The molecule has 132 valence electrons. The molecule has 5 nitrogen and oxygen atoms in total. The van der Waals surface area contributed by atoms with Gasteiger partial charge in [-0.1, -0.05) is 12.2 Å². The number of halogens is 4. The Hall–Kier alpha value is -3.36. The van der Waals surface area contributed by atoms with Crippen LogP contribution in [0.1, 0.15) is 10.4 Å². The first-order valence-electron chi connectivity index (χ1n) is 7.48. The predicted octanol–water partition coefficient (Wildman–Crippen LogP) is 3.77. The van der Waals surface area contributed by atoms with E-state index < -0.39 is 24.0 Å². The fraction of sp³-hybridized carbons (Fsp3) is 0.0588. The van der Waals surface area contributed by atoms with Gasteiger partial charge in [-0.15, -0.1) is 0 Å². The van der Waals surface area contributed by atoms with E-state index in [1.165, 1.54) is 12.1 Å². The Morgan fingerprint density at radius 2 is 1.96 bits per heavy atom. The molecule has 0 bridgehead atoms. The summed E-state index contributed by atoms with van der Waals surface area (Å²) in [6.07, 6.45) is 3.05. The third-order valence-corrected chi connectivity index (χ3v) is 3.85. The van der Waals surface area contributed by atoms with Crippen LogP contribution in [0.3, 0.4) is 0 Å². The predicted molar refractivity (Wildman–Crippen MR) is 86.6 cm³/mol. The SMILES string of the molecule is O=C(Nc1ccc(F)c(F)c1)c1cnn2c1NC(=C1C=C1)C=C2C(F)F. The van der Waals surface area contributed by atoms with Crippen LogP contribution in [0.25, 0.3) is 5.70 Å². The van der Waals surface area contributed by atoms with Gasteiger partial charge in [-0.25, -0.2) is 22.2 Å². The average molecular weight is 362 g/mol. The summed E-state index contributed by atoms with van der Waals surface area (Å²) >= 11 is 0. The molecule has 0 unspecified atom stereocenters. The zero-order valence-corrected chi connectivity index (χ0v) is 12.9. The maximum Gasteiger partial charge on any atom is 0.280 e. The molecule has 2 N–H and O–H groups in total. The summed E-state index contributed by atoms with van der Waals surface area (Å²) in [5, 5.41) is 9.12. The number of hydrogen-bond acceptors (Lipinski definition) is 3. The topological polar surface area (TPSA) is 59.0 Å². The van der Waals surface area contributed by atoms with Crippen LogP contribution in [0.2, 0.25) is 0 Å². The molecule has 2 aromatic rings. The number of benzene rings is 1. The summed E-state index contributed by atoms with van der Waals surface area (Å²) in [4.78, 5) is 12.5. The van der Waals surface area contributed by atoms with Crippen molar-refractivity contribution >= 4 is 23.1 Å². The zero-order valence-electron chi connectivity index (χ0n) is 12.9. The van der Waals surface area contributed by atoms with E-state index in [0.29, 0.717) is 5.70 Å². The minimum absolute atomic E-state index is 0.0141. The molecule has 2 aliphatic rings. The number of nitrogens with zero attached hydrogens (tertiary/aromatic N) is 2. The Bertz CT molecular complexity index is 1010.